The second-order valence-electron chi connectivity index (χ2n) is 6.36. The second-order valence-corrected chi connectivity index (χ2v) is 6.36. The SMILES string of the molecule is Cc1cc(Oc2ccc(CC(C)(C)C)cc2)ncc1N. The zero-order valence-corrected chi connectivity index (χ0v) is 12.6. The number of aromatic nitrogens is 1. The van der Waals surface area contributed by atoms with Gasteiger partial charge in [-0.2, -0.15) is 0 Å². The normalized spacial score (nSPS) is 11.4. The summed E-state index contributed by atoms with van der Waals surface area (Å²) in [5.74, 6) is 1.36. The molecule has 0 aliphatic heterocycles. The number of hydrogen-bond donors (Lipinski definition) is 1. The molecule has 1 aromatic heterocycles. The minimum Gasteiger partial charge on any atom is -0.439 e. The van der Waals surface area contributed by atoms with E-state index in [9.17, 15) is 0 Å². The molecule has 2 N–H and O–H groups in total. The van der Waals surface area contributed by atoms with Gasteiger partial charge in [0, 0.05) is 6.07 Å². The fourth-order valence-corrected chi connectivity index (χ4v) is 2.01. The Bertz CT molecular complexity index is 583. The topological polar surface area (TPSA) is 48.1 Å². The van der Waals surface area contributed by atoms with Crippen molar-refractivity contribution in [2.75, 3.05) is 5.73 Å². The summed E-state index contributed by atoms with van der Waals surface area (Å²) in [4.78, 5) is 4.17. The highest BCUT2D eigenvalue weighted by Crippen LogP contribution is 2.25. The van der Waals surface area contributed by atoms with E-state index < -0.39 is 0 Å². The van der Waals surface area contributed by atoms with Crippen LogP contribution in [0.1, 0.15) is 31.9 Å². The number of nitrogen functional groups attached to an aromatic ring is 1. The summed E-state index contributed by atoms with van der Waals surface area (Å²) >= 11 is 0. The summed E-state index contributed by atoms with van der Waals surface area (Å²) in [6.07, 6.45) is 2.67. The van der Waals surface area contributed by atoms with Crippen LogP contribution in [0.15, 0.2) is 36.5 Å². The van der Waals surface area contributed by atoms with Crippen LogP contribution in [0.25, 0.3) is 0 Å². The van der Waals surface area contributed by atoms with Crippen LogP contribution >= 0.6 is 0 Å². The zero-order valence-electron chi connectivity index (χ0n) is 12.6. The Kier molecular flexibility index (Phi) is 3.98. The Morgan fingerprint density at radius 3 is 2.35 bits per heavy atom. The first kappa shape index (κ1) is 14.4. The molecule has 0 saturated carbocycles. The highest BCUT2D eigenvalue weighted by Gasteiger charge is 2.11. The average molecular weight is 270 g/mol. The number of anilines is 1. The Morgan fingerprint density at radius 2 is 1.80 bits per heavy atom. The van der Waals surface area contributed by atoms with Gasteiger partial charge in [-0.3, -0.25) is 0 Å². The molecule has 0 amide bonds. The van der Waals surface area contributed by atoms with E-state index in [1.165, 1.54) is 5.56 Å². The third kappa shape index (κ3) is 3.98. The minimum absolute atomic E-state index is 0.290. The monoisotopic (exact) mass is 270 g/mol. The molecule has 2 rings (SSSR count). The number of nitrogens with two attached hydrogens (primary N) is 1. The highest BCUT2D eigenvalue weighted by molar-refractivity contribution is 5.46. The molecule has 0 spiro atoms. The van der Waals surface area contributed by atoms with Gasteiger partial charge in [-0.25, -0.2) is 4.98 Å². The summed E-state index contributed by atoms with van der Waals surface area (Å²) in [6, 6.07) is 10.0. The van der Waals surface area contributed by atoms with E-state index in [0.717, 1.165) is 17.7 Å². The molecule has 0 unspecified atom stereocenters. The molecule has 1 aromatic carbocycles. The van der Waals surface area contributed by atoms with Crippen LogP contribution in [0, 0.1) is 12.3 Å². The molecule has 0 fully saturated rings. The van der Waals surface area contributed by atoms with Crippen molar-refractivity contribution < 1.29 is 4.74 Å². The molecule has 0 bridgehead atoms. The van der Waals surface area contributed by atoms with Gasteiger partial charge in [-0.1, -0.05) is 32.9 Å². The van der Waals surface area contributed by atoms with Crippen LogP contribution in [0.2, 0.25) is 0 Å². The van der Waals surface area contributed by atoms with E-state index in [0.29, 0.717) is 11.6 Å². The Balaban J connectivity index is 2.08. The number of rotatable bonds is 3. The van der Waals surface area contributed by atoms with E-state index in [4.69, 9.17) is 10.5 Å². The van der Waals surface area contributed by atoms with Crippen molar-refractivity contribution in [1.29, 1.82) is 0 Å². The average Bonchev–Trinajstić information content (AvgIpc) is 2.35. The summed E-state index contributed by atoms with van der Waals surface area (Å²) in [7, 11) is 0. The third-order valence-electron chi connectivity index (χ3n) is 3.01. The maximum atomic E-state index is 5.74. The van der Waals surface area contributed by atoms with Crippen LogP contribution in [-0.2, 0) is 6.42 Å². The van der Waals surface area contributed by atoms with Crippen molar-refractivity contribution in [3.63, 3.8) is 0 Å². The number of hydrogen-bond acceptors (Lipinski definition) is 3. The molecule has 106 valence electrons. The Morgan fingerprint density at radius 1 is 1.15 bits per heavy atom. The molecule has 3 nitrogen and oxygen atoms in total. The molecule has 0 radical (unpaired) electrons. The van der Waals surface area contributed by atoms with Crippen LogP contribution < -0.4 is 10.5 Å². The lowest BCUT2D eigenvalue weighted by Crippen LogP contribution is -2.08. The Labute approximate surface area is 120 Å². The minimum atomic E-state index is 0.290. The lowest BCUT2D eigenvalue weighted by atomic mass is 9.88. The largest absolute Gasteiger partial charge is 0.439 e. The lowest BCUT2D eigenvalue weighted by Gasteiger charge is -2.18. The molecule has 3 heteroatoms. The van der Waals surface area contributed by atoms with Gasteiger partial charge in [0.25, 0.3) is 0 Å². The molecular weight excluding hydrogens is 248 g/mol. The Hall–Kier alpha value is -2.03. The molecule has 2 aromatic rings. The fraction of sp³-hybridized carbons (Fsp3) is 0.353. The van der Waals surface area contributed by atoms with E-state index in [-0.39, 0.29) is 5.41 Å². The van der Waals surface area contributed by atoms with E-state index in [1.807, 2.05) is 25.1 Å². The van der Waals surface area contributed by atoms with E-state index in [2.05, 4.69) is 37.9 Å². The van der Waals surface area contributed by atoms with Crippen LogP contribution in [0.5, 0.6) is 11.6 Å². The van der Waals surface area contributed by atoms with Gasteiger partial charge in [0.2, 0.25) is 5.88 Å². The summed E-state index contributed by atoms with van der Waals surface area (Å²) in [5.41, 5.74) is 8.99. The van der Waals surface area contributed by atoms with Crippen molar-refractivity contribution >= 4 is 5.69 Å². The van der Waals surface area contributed by atoms with Gasteiger partial charge in [0.15, 0.2) is 0 Å². The van der Waals surface area contributed by atoms with Crippen LogP contribution in [0.3, 0.4) is 0 Å². The third-order valence-corrected chi connectivity index (χ3v) is 3.01. The van der Waals surface area contributed by atoms with Gasteiger partial charge in [0.1, 0.15) is 5.75 Å². The quantitative estimate of drug-likeness (QED) is 0.901. The molecule has 0 saturated heterocycles. The molecule has 0 aliphatic rings. The maximum absolute atomic E-state index is 5.74. The first-order valence-corrected chi connectivity index (χ1v) is 6.82. The molecular formula is C17H22N2O. The predicted octanol–water partition coefficient (Wildman–Crippen LogP) is 4.35. The van der Waals surface area contributed by atoms with E-state index in [1.54, 1.807) is 6.20 Å². The number of nitrogens with zero attached hydrogens (tertiary/aromatic N) is 1. The van der Waals surface area contributed by atoms with Gasteiger partial charge in [-0.15, -0.1) is 0 Å². The van der Waals surface area contributed by atoms with Gasteiger partial charge < -0.3 is 10.5 Å². The number of benzene rings is 1. The van der Waals surface area contributed by atoms with Crippen molar-refractivity contribution in [3.05, 3.63) is 47.7 Å². The predicted molar refractivity (Wildman–Crippen MR) is 83.1 cm³/mol. The smallest absolute Gasteiger partial charge is 0.219 e. The molecule has 0 atom stereocenters. The second kappa shape index (κ2) is 5.53. The van der Waals surface area contributed by atoms with Crippen molar-refractivity contribution in [2.45, 2.75) is 34.1 Å². The first-order valence-electron chi connectivity index (χ1n) is 6.82. The number of aryl methyl sites for hydroxylation is 1. The van der Waals surface area contributed by atoms with Gasteiger partial charge in [-0.05, 0) is 42.0 Å². The van der Waals surface area contributed by atoms with E-state index >= 15 is 0 Å². The fourth-order valence-electron chi connectivity index (χ4n) is 2.01. The standard InChI is InChI=1S/C17H22N2O/c1-12-9-16(19-11-15(12)18)20-14-7-5-13(6-8-14)10-17(2,3)4/h5-9,11H,10,18H2,1-4H3. The summed E-state index contributed by atoms with van der Waals surface area (Å²) in [6.45, 7) is 8.64. The van der Waals surface area contributed by atoms with Crippen LogP contribution in [-0.4, -0.2) is 4.98 Å². The van der Waals surface area contributed by atoms with Crippen molar-refractivity contribution in [1.82, 2.24) is 4.98 Å². The molecule has 0 aliphatic carbocycles. The molecule has 20 heavy (non-hydrogen) atoms. The number of ether oxygens (including phenoxy) is 1. The first-order chi connectivity index (χ1) is 9.33. The van der Waals surface area contributed by atoms with Crippen molar-refractivity contribution in [2.24, 2.45) is 5.41 Å². The summed E-state index contributed by atoms with van der Waals surface area (Å²) < 4.78 is 5.73. The lowest BCUT2D eigenvalue weighted by molar-refractivity contribution is 0.410. The molecule has 1 heterocycles. The van der Waals surface area contributed by atoms with Gasteiger partial charge in [0.05, 0.1) is 11.9 Å². The summed E-state index contributed by atoms with van der Waals surface area (Å²) in [5, 5.41) is 0. The number of pyridine rings is 1. The maximum Gasteiger partial charge on any atom is 0.219 e. The van der Waals surface area contributed by atoms with Crippen LogP contribution in [0.4, 0.5) is 5.69 Å². The van der Waals surface area contributed by atoms with Crippen molar-refractivity contribution in [3.8, 4) is 11.6 Å². The zero-order chi connectivity index (χ0) is 14.8. The highest BCUT2D eigenvalue weighted by atomic mass is 16.5. The van der Waals surface area contributed by atoms with Gasteiger partial charge >= 0.3 is 0 Å².